The van der Waals surface area contributed by atoms with Gasteiger partial charge in [0.15, 0.2) is 11.1 Å². The topological polar surface area (TPSA) is 70.1 Å². The number of benzene rings is 1. The average Bonchev–Trinajstić information content (AvgIpc) is 3.03. The molecule has 0 aromatic heterocycles. The van der Waals surface area contributed by atoms with E-state index in [0.717, 1.165) is 43.5 Å². The number of hydrogen-bond acceptors (Lipinski definition) is 4. The van der Waals surface area contributed by atoms with Crippen molar-refractivity contribution in [1.82, 2.24) is 4.90 Å². The van der Waals surface area contributed by atoms with E-state index >= 15 is 0 Å². The monoisotopic (exact) mass is 434 g/mol. The number of nitrogens with zero attached hydrogens (tertiary/aromatic N) is 2. The van der Waals surface area contributed by atoms with E-state index in [9.17, 15) is 13.6 Å². The molecule has 166 valence electrons. The van der Waals surface area contributed by atoms with Gasteiger partial charge in [0.25, 0.3) is 0 Å². The van der Waals surface area contributed by atoms with Crippen LogP contribution in [-0.4, -0.2) is 51.5 Å². The molecule has 2 saturated heterocycles. The van der Waals surface area contributed by atoms with Gasteiger partial charge in [0.05, 0.1) is 11.4 Å². The van der Waals surface area contributed by atoms with Gasteiger partial charge in [0, 0.05) is 38.2 Å². The highest BCUT2D eigenvalue weighted by Crippen LogP contribution is 2.36. The van der Waals surface area contributed by atoms with Crippen molar-refractivity contribution in [3.8, 4) is 0 Å². The van der Waals surface area contributed by atoms with Crippen molar-refractivity contribution in [2.75, 3.05) is 31.1 Å². The molecule has 1 amide bonds. The van der Waals surface area contributed by atoms with Gasteiger partial charge in [-0.3, -0.25) is 4.90 Å². The number of anilines is 1. The van der Waals surface area contributed by atoms with Crippen molar-refractivity contribution in [2.45, 2.75) is 68.8 Å². The van der Waals surface area contributed by atoms with Crippen LogP contribution in [0.4, 0.5) is 10.5 Å². The Bertz CT molecular complexity index is 761. The van der Waals surface area contributed by atoms with Crippen molar-refractivity contribution < 1.29 is 18.3 Å². The highest BCUT2D eigenvalue weighted by atomic mass is 32.2. The Balaban J connectivity index is 1.32. The van der Waals surface area contributed by atoms with Crippen LogP contribution in [0, 0.1) is 11.8 Å². The number of hydrogen-bond donors (Lipinski definition) is 1. The molecule has 4 rings (SSSR count). The molecule has 1 N–H and O–H groups in total. The average molecular weight is 435 g/mol. The second-order valence-corrected chi connectivity index (χ2v) is 10.5. The standard InChI is InChI=1S/C23H34N2O4S/c1-18-5-3-2-4-6-19(15-18)16-24-13-11-23(12-14-24)17-25(22(26)29-23)20-7-9-21(10-8-20)30(27)28/h7-10,18-19H,2-6,11-17H2,1H3,(H,27,28). The van der Waals surface area contributed by atoms with Gasteiger partial charge in [-0.25, -0.2) is 9.00 Å². The van der Waals surface area contributed by atoms with Crippen molar-refractivity contribution in [3.05, 3.63) is 24.3 Å². The molecule has 3 atom stereocenters. The molecule has 1 saturated carbocycles. The Labute approximate surface area is 182 Å². The van der Waals surface area contributed by atoms with Crippen LogP contribution >= 0.6 is 0 Å². The molecule has 6 nitrogen and oxygen atoms in total. The van der Waals surface area contributed by atoms with Gasteiger partial charge >= 0.3 is 6.09 Å². The zero-order valence-corrected chi connectivity index (χ0v) is 18.7. The van der Waals surface area contributed by atoms with Crippen molar-refractivity contribution in [3.63, 3.8) is 0 Å². The van der Waals surface area contributed by atoms with E-state index in [4.69, 9.17) is 4.74 Å². The fourth-order valence-corrected chi connectivity index (χ4v) is 5.77. The third kappa shape index (κ3) is 5.06. The Morgan fingerprint density at radius 1 is 1.13 bits per heavy atom. The SMILES string of the molecule is CC1CCCCCC(CN2CCC3(CC2)CN(c2ccc(S(=O)O)cc2)C(=O)O3)C1. The van der Waals surface area contributed by atoms with E-state index in [1.165, 1.54) is 45.1 Å². The molecule has 1 aromatic rings. The number of carbonyl (C=O) groups excluding carboxylic acids is 1. The summed E-state index contributed by atoms with van der Waals surface area (Å²) in [5, 5.41) is 0. The summed E-state index contributed by atoms with van der Waals surface area (Å²) in [4.78, 5) is 17.1. The molecule has 1 aliphatic carbocycles. The number of likely N-dealkylation sites (tertiary alicyclic amines) is 1. The van der Waals surface area contributed by atoms with E-state index in [2.05, 4.69) is 11.8 Å². The van der Waals surface area contributed by atoms with E-state index < -0.39 is 16.7 Å². The van der Waals surface area contributed by atoms with Gasteiger partial charge < -0.3 is 14.2 Å². The van der Waals surface area contributed by atoms with Crippen molar-refractivity contribution in [2.24, 2.45) is 11.8 Å². The first-order valence-electron chi connectivity index (χ1n) is 11.4. The first kappa shape index (κ1) is 21.8. The second kappa shape index (κ2) is 9.37. The lowest BCUT2D eigenvalue weighted by Gasteiger charge is -2.39. The van der Waals surface area contributed by atoms with Crippen LogP contribution < -0.4 is 4.90 Å². The maximum absolute atomic E-state index is 12.6. The molecule has 1 spiro atoms. The van der Waals surface area contributed by atoms with E-state index in [0.29, 0.717) is 11.4 Å². The first-order valence-corrected chi connectivity index (χ1v) is 12.5. The molecule has 2 heterocycles. The molecule has 3 fully saturated rings. The lowest BCUT2D eigenvalue weighted by Crippen LogP contribution is -2.48. The third-order valence-electron chi connectivity index (χ3n) is 7.15. The summed E-state index contributed by atoms with van der Waals surface area (Å²) in [6.07, 6.45) is 9.64. The second-order valence-electron chi connectivity index (χ2n) is 9.53. The van der Waals surface area contributed by atoms with Gasteiger partial charge in [-0.1, -0.05) is 32.6 Å². The summed E-state index contributed by atoms with van der Waals surface area (Å²) in [5.74, 6) is 1.64. The largest absolute Gasteiger partial charge is 0.441 e. The summed E-state index contributed by atoms with van der Waals surface area (Å²) < 4.78 is 26.2. The third-order valence-corrected chi connectivity index (χ3v) is 7.82. The fourth-order valence-electron chi connectivity index (χ4n) is 5.41. The molecule has 3 unspecified atom stereocenters. The minimum absolute atomic E-state index is 0.310. The smallest absolute Gasteiger partial charge is 0.415 e. The quantitative estimate of drug-likeness (QED) is 0.698. The van der Waals surface area contributed by atoms with Crippen LogP contribution in [0.25, 0.3) is 0 Å². The maximum Gasteiger partial charge on any atom is 0.415 e. The molecule has 2 aliphatic heterocycles. The normalized spacial score (nSPS) is 28.7. The molecule has 0 radical (unpaired) electrons. The highest BCUT2D eigenvalue weighted by Gasteiger charge is 2.47. The number of amides is 1. The minimum Gasteiger partial charge on any atom is -0.441 e. The van der Waals surface area contributed by atoms with Crippen LogP contribution in [-0.2, 0) is 15.8 Å². The van der Waals surface area contributed by atoms with Crippen LogP contribution in [0.2, 0.25) is 0 Å². The highest BCUT2D eigenvalue weighted by molar-refractivity contribution is 7.79. The van der Waals surface area contributed by atoms with Gasteiger partial charge in [-0.05, 0) is 48.9 Å². The van der Waals surface area contributed by atoms with Crippen molar-refractivity contribution >= 4 is 22.9 Å². The Hall–Kier alpha value is -1.44. The lowest BCUT2D eigenvalue weighted by molar-refractivity contribution is -0.00374. The number of ether oxygens (including phenoxy) is 1. The summed E-state index contributed by atoms with van der Waals surface area (Å²) >= 11 is -2.01. The predicted octanol–water partition coefficient (Wildman–Crippen LogP) is 4.66. The number of carbonyl (C=O) groups is 1. The zero-order valence-electron chi connectivity index (χ0n) is 17.9. The Morgan fingerprint density at radius 2 is 1.83 bits per heavy atom. The fraction of sp³-hybridized carbons (Fsp3) is 0.696. The first-order chi connectivity index (χ1) is 14.4. The molecular weight excluding hydrogens is 400 g/mol. The van der Waals surface area contributed by atoms with Crippen LogP contribution in [0.3, 0.4) is 0 Å². The van der Waals surface area contributed by atoms with Gasteiger partial charge in [0.2, 0.25) is 0 Å². The predicted molar refractivity (Wildman–Crippen MR) is 118 cm³/mol. The summed E-state index contributed by atoms with van der Waals surface area (Å²) in [6, 6.07) is 6.61. The maximum atomic E-state index is 12.6. The van der Waals surface area contributed by atoms with Crippen LogP contribution in [0.5, 0.6) is 0 Å². The van der Waals surface area contributed by atoms with Gasteiger partial charge in [-0.2, -0.15) is 0 Å². The van der Waals surface area contributed by atoms with E-state index in [-0.39, 0.29) is 6.09 Å². The van der Waals surface area contributed by atoms with Gasteiger partial charge in [-0.15, -0.1) is 0 Å². The molecule has 1 aromatic carbocycles. The Kier molecular flexibility index (Phi) is 6.80. The summed E-state index contributed by atoms with van der Waals surface area (Å²) in [7, 11) is 0. The number of piperidine rings is 1. The van der Waals surface area contributed by atoms with Crippen molar-refractivity contribution in [1.29, 1.82) is 0 Å². The van der Waals surface area contributed by atoms with Crippen LogP contribution in [0.15, 0.2) is 29.2 Å². The number of rotatable bonds is 4. The zero-order chi connectivity index (χ0) is 21.1. The van der Waals surface area contributed by atoms with E-state index in [1.807, 2.05) is 0 Å². The summed E-state index contributed by atoms with van der Waals surface area (Å²) in [5.41, 5.74) is 0.317. The molecule has 7 heteroatoms. The van der Waals surface area contributed by atoms with Gasteiger partial charge in [0.1, 0.15) is 5.60 Å². The molecule has 30 heavy (non-hydrogen) atoms. The molecular formula is C23H34N2O4S. The Morgan fingerprint density at radius 3 is 2.53 bits per heavy atom. The molecule has 0 bridgehead atoms. The summed E-state index contributed by atoms with van der Waals surface area (Å²) in [6.45, 7) is 6.10. The molecule has 3 aliphatic rings. The lowest BCUT2D eigenvalue weighted by atomic mass is 9.84. The minimum atomic E-state index is -2.01. The van der Waals surface area contributed by atoms with Crippen LogP contribution in [0.1, 0.15) is 58.3 Å². The van der Waals surface area contributed by atoms with E-state index in [1.54, 1.807) is 29.2 Å².